The van der Waals surface area contributed by atoms with Crippen LogP contribution in [0.2, 0.25) is 0 Å². The van der Waals surface area contributed by atoms with E-state index in [9.17, 15) is 14.7 Å². The molecule has 2 bridgehead atoms. The molecule has 2 heterocycles. The zero-order valence-corrected chi connectivity index (χ0v) is 32.4. The third-order valence-electron chi connectivity index (χ3n) is 14.3. The lowest BCUT2D eigenvalue weighted by molar-refractivity contribution is -0.144. The van der Waals surface area contributed by atoms with E-state index >= 15 is 0 Å². The summed E-state index contributed by atoms with van der Waals surface area (Å²) in [6.07, 6.45) is 23.9. The van der Waals surface area contributed by atoms with E-state index < -0.39 is 5.97 Å². The Kier molecular flexibility index (Phi) is 11.4. The maximum absolute atomic E-state index is 14.5. The molecular weight excluding hydrogens is 661 g/mol. The normalized spacial score (nSPS) is 27.6. The van der Waals surface area contributed by atoms with Crippen molar-refractivity contribution < 1.29 is 24.2 Å². The maximum Gasteiger partial charge on any atom is 0.308 e. The van der Waals surface area contributed by atoms with Crippen LogP contribution in [0.15, 0.2) is 36.4 Å². The molecule has 0 unspecified atom stereocenters. The Hall–Kier alpha value is -3.06. The summed E-state index contributed by atoms with van der Waals surface area (Å²) < 4.78 is 12.9. The van der Waals surface area contributed by atoms with E-state index in [2.05, 4.69) is 40.1 Å². The zero-order chi connectivity index (χ0) is 36.4. The van der Waals surface area contributed by atoms with E-state index in [4.69, 9.17) is 9.47 Å². The number of aryl methyl sites for hydroxylation is 1. The highest BCUT2D eigenvalue weighted by Gasteiger charge is 2.67. The number of piperidine rings is 1. The Morgan fingerprint density at radius 2 is 1.64 bits per heavy atom. The van der Waals surface area contributed by atoms with Gasteiger partial charge in [-0.15, -0.1) is 0 Å². The topological polar surface area (TPSA) is 79.3 Å². The van der Waals surface area contributed by atoms with Gasteiger partial charge in [-0.05, 0) is 100 Å². The van der Waals surface area contributed by atoms with E-state index in [1.807, 2.05) is 0 Å². The van der Waals surface area contributed by atoms with Crippen LogP contribution < -0.4 is 9.47 Å². The first-order valence-electron chi connectivity index (χ1n) is 21.7. The Bertz CT molecular complexity index is 1580. The van der Waals surface area contributed by atoms with E-state index in [1.54, 1.807) is 6.07 Å². The lowest BCUT2D eigenvalue weighted by Gasteiger charge is -2.60. The van der Waals surface area contributed by atoms with Crippen LogP contribution in [0.1, 0.15) is 146 Å². The molecule has 7 heteroatoms. The molecule has 53 heavy (non-hydrogen) atoms. The first-order chi connectivity index (χ1) is 25.9. The van der Waals surface area contributed by atoms with E-state index in [0.29, 0.717) is 41.7 Å². The molecule has 5 atom stereocenters. The van der Waals surface area contributed by atoms with Crippen molar-refractivity contribution >= 4 is 11.9 Å². The zero-order valence-electron chi connectivity index (χ0n) is 32.4. The van der Waals surface area contributed by atoms with Gasteiger partial charge in [-0.25, -0.2) is 0 Å². The molecule has 0 radical (unpaired) electrons. The number of nitrogens with zero attached hydrogens (tertiary/aromatic N) is 2. The van der Waals surface area contributed by atoms with Gasteiger partial charge in [-0.1, -0.05) is 88.1 Å². The maximum atomic E-state index is 14.5. The first kappa shape index (κ1) is 36.9. The van der Waals surface area contributed by atoms with Crippen LogP contribution >= 0.6 is 0 Å². The Balaban J connectivity index is 0.961. The van der Waals surface area contributed by atoms with Crippen molar-refractivity contribution in [2.75, 3.05) is 19.6 Å². The number of esters is 1. The number of hydrogen-bond acceptors (Lipinski definition) is 6. The number of carbonyl (C=O) groups excluding carboxylic acids is 2. The van der Waals surface area contributed by atoms with Gasteiger partial charge in [0.25, 0.3) is 0 Å². The lowest BCUT2D eigenvalue weighted by atomic mass is 9.50. The van der Waals surface area contributed by atoms with Crippen molar-refractivity contribution in [2.45, 2.75) is 165 Å². The molecule has 6 aliphatic rings. The Morgan fingerprint density at radius 3 is 2.38 bits per heavy atom. The summed E-state index contributed by atoms with van der Waals surface area (Å²) in [7, 11) is 0. The number of carbonyl (C=O) groups is 2. The van der Waals surface area contributed by atoms with Crippen molar-refractivity contribution in [3.8, 4) is 17.2 Å². The van der Waals surface area contributed by atoms with Gasteiger partial charge in [-0.3, -0.25) is 14.5 Å². The number of amides is 1. The van der Waals surface area contributed by atoms with Gasteiger partial charge in [0, 0.05) is 55.1 Å². The summed E-state index contributed by atoms with van der Waals surface area (Å²) in [4.78, 5) is 31.9. The second-order valence-electron chi connectivity index (χ2n) is 17.8. The fourth-order valence-electron chi connectivity index (χ4n) is 11.6. The van der Waals surface area contributed by atoms with Gasteiger partial charge >= 0.3 is 5.97 Å². The highest BCUT2D eigenvalue weighted by atomic mass is 16.6. The molecule has 1 N–H and O–H groups in total. The number of ether oxygens (including phenoxy) is 2. The third kappa shape index (κ3) is 7.75. The Labute approximate surface area is 318 Å². The van der Waals surface area contributed by atoms with Gasteiger partial charge in [0.1, 0.15) is 11.9 Å². The van der Waals surface area contributed by atoms with Crippen molar-refractivity contribution in [1.82, 2.24) is 9.80 Å². The number of unbranched alkanes of at least 4 members (excludes halogenated alkanes) is 7. The molecule has 2 aromatic rings. The summed E-state index contributed by atoms with van der Waals surface area (Å²) in [5.74, 6) is 2.88. The summed E-state index contributed by atoms with van der Waals surface area (Å²) in [6, 6.07) is 12.8. The minimum atomic E-state index is -0.408. The second kappa shape index (κ2) is 16.4. The number of aromatic hydroxyl groups is 1. The largest absolute Gasteiger partial charge is 0.508 e. The van der Waals surface area contributed by atoms with Gasteiger partial charge in [0.2, 0.25) is 5.91 Å². The van der Waals surface area contributed by atoms with Gasteiger partial charge in [0.15, 0.2) is 11.5 Å². The van der Waals surface area contributed by atoms with Crippen LogP contribution in [0.4, 0.5) is 0 Å². The molecule has 0 aromatic heterocycles. The molecule has 1 saturated heterocycles. The van der Waals surface area contributed by atoms with Crippen LogP contribution in [0, 0.1) is 17.8 Å². The van der Waals surface area contributed by atoms with Crippen LogP contribution in [0.3, 0.4) is 0 Å². The average Bonchev–Trinajstić information content (AvgIpc) is 3.92. The van der Waals surface area contributed by atoms with Crippen LogP contribution in [-0.2, 0) is 27.8 Å². The van der Waals surface area contributed by atoms with Crippen LogP contribution in [-0.4, -0.2) is 64.6 Å². The second-order valence-corrected chi connectivity index (χ2v) is 17.8. The smallest absolute Gasteiger partial charge is 0.308 e. The van der Waals surface area contributed by atoms with Crippen molar-refractivity contribution in [2.24, 2.45) is 17.8 Å². The quantitative estimate of drug-likeness (QED) is 0.0996. The third-order valence-corrected chi connectivity index (χ3v) is 14.3. The van der Waals surface area contributed by atoms with E-state index in [1.165, 1.54) is 102 Å². The van der Waals surface area contributed by atoms with Crippen molar-refractivity contribution in [3.63, 3.8) is 0 Å². The van der Waals surface area contributed by atoms with Crippen molar-refractivity contribution in [1.29, 1.82) is 0 Å². The minimum Gasteiger partial charge on any atom is -0.508 e. The molecule has 2 aromatic carbocycles. The average molecular weight is 725 g/mol. The number of hydrogen-bond donors (Lipinski definition) is 1. The molecule has 7 nitrogen and oxygen atoms in total. The molecule has 3 saturated carbocycles. The summed E-state index contributed by atoms with van der Waals surface area (Å²) >= 11 is 0. The van der Waals surface area contributed by atoms with Gasteiger partial charge < -0.3 is 19.5 Å². The SMILES string of the molecule is CC(=O)Oc1cc(O)c2c3c1O[C@H]1[C@@H](N(CC4CCCCC4)C(=O)CCCCCCCCCCc4ccccc4)CC[C@H]4[C@@H](C2)N(CC2CC2)CC[C@@]341. The highest BCUT2D eigenvalue weighted by Crippen LogP contribution is 2.66. The number of phenolic OH excluding ortho intramolecular Hbond substituents is 1. The van der Waals surface area contributed by atoms with Crippen LogP contribution in [0.5, 0.6) is 17.2 Å². The Morgan fingerprint density at radius 1 is 0.906 bits per heavy atom. The van der Waals surface area contributed by atoms with Crippen LogP contribution in [0.25, 0.3) is 0 Å². The monoisotopic (exact) mass is 724 g/mol. The van der Waals surface area contributed by atoms with Gasteiger partial charge in [0.05, 0.1) is 6.04 Å². The summed E-state index contributed by atoms with van der Waals surface area (Å²) in [5.41, 5.74) is 3.25. The molecule has 1 spiro atoms. The summed E-state index contributed by atoms with van der Waals surface area (Å²) in [6.45, 7) is 4.42. The van der Waals surface area contributed by atoms with E-state index in [-0.39, 0.29) is 23.3 Å². The fraction of sp³-hybridized carbons (Fsp3) is 0.696. The van der Waals surface area contributed by atoms with Crippen molar-refractivity contribution in [3.05, 3.63) is 53.1 Å². The van der Waals surface area contributed by atoms with Gasteiger partial charge in [-0.2, -0.15) is 0 Å². The number of phenols is 1. The number of benzene rings is 2. The lowest BCUT2D eigenvalue weighted by Crippen LogP contribution is -2.69. The molecule has 4 aliphatic carbocycles. The molecule has 288 valence electrons. The molecule has 2 aliphatic heterocycles. The molecule has 8 rings (SSSR count). The number of likely N-dealkylation sites (tertiary alicyclic amines) is 1. The summed E-state index contributed by atoms with van der Waals surface area (Å²) in [5, 5.41) is 11.5. The fourth-order valence-corrected chi connectivity index (χ4v) is 11.6. The standard InChI is InChI=1S/C46H64N2O5/c1-32(49)52-41-29-40(50)36-28-39-37-24-25-38(45-46(37,43(36)44(41)53-45)26-27-47(39)30-35-22-23-35)48(31-34-19-13-9-14-20-34)42(51)21-15-7-5-3-2-4-6-10-16-33-17-11-8-12-18-33/h8,11-12,17-18,29,34-35,37-39,45,50H,2-7,9-10,13-16,19-28,30-31H2,1H3/t37-,38-,39+,45-,46-/m0/s1. The molecule has 4 fully saturated rings. The number of rotatable bonds is 17. The highest BCUT2D eigenvalue weighted by molar-refractivity contribution is 5.77. The predicted octanol–water partition coefficient (Wildman–Crippen LogP) is 9.30. The predicted molar refractivity (Wildman–Crippen MR) is 208 cm³/mol. The minimum absolute atomic E-state index is 0.0159. The van der Waals surface area contributed by atoms with E-state index in [0.717, 1.165) is 75.2 Å². The first-order valence-corrected chi connectivity index (χ1v) is 21.7. The molecular formula is C46H64N2O5. The molecule has 1 amide bonds.